The lowest BCUT2D eigenvalue weighted by atomic mass is 10.0. The number of carbonyl (C=O) groups is 1. The van der Waals surface area contributed by atoms with E-state index in [1.807, 2.05) is 6.92 Å². The summed E-state index contributed by atoms with van der Waals surface area (Å²) >= 11 is 1.30. The Bertz CT molecular complexity index is 759. The number of anilines is 1. The number of hydrogen-bond donors (Lipinski definition) is 3. The molecule has 1 aliphatic rings. The fraction of sp³-hybridized carbons (Fsp3) is 0.500. The molecule has 2 heterocycles. The molecule has 3 N–H and O–H groups in total. The molecule has 0 amide bonds. The van der Waals surface area contributed by atoms with Gasteiger partial charge in [0.2, 0.25) is 5.78 Å². The van der Waals surface area contributed by atoms with Crippen molar-refractivity contribution in [2.75, 3.05) is 5.32 Å². The second-order valence-electron chi connectivity index (χ2n) is 7.23. The highest BCUT2D eigenvalue weighted by Gasteiger charge is 2.31. The molecule has 0 saturated heterocycles. The summed E-state index contributed by atoms with van der Waals surface area (Å²) in [7, 11) is 0. The topological polar surface area (TPSA) is 95.3 Å². The standard InChI is InChI=1S/C18H23N3O3S/c1-10-4-12(6-14(10)22)21-17-13(7-19-9-20-17)16(23)15-5-11(8-25-15)18(2,3)24/h5,7-10,12,14,22,24H,4,6H2,1-3H3,(H,19,20,21)/t10-,12-,14+/m1/s1. The van der Waals surface area contributed by atoms with E-state index in [1.165, 1.54) is 23.9 Å². The number of carbonyl (C=O) groups excluding carboxylic acids is 1. The van der Waals surface area contributed by atoms with Crippen LogP contribution in [-0.2, 0) is 5.60 Å². The van der Waals surface area contributed by atoms with Gasteiger partial charge in [-0.25, -0.2) is 9.97 Å². The van der Waals surface area contributed by atoms with Crippen LogP contribution in [0.3, 0.4) is 0 Å². The lowest BCUT2D eigenvalue weighted by Gasteiger charge is -2.15. The highest BCUT2D eigenvalue weighted by atomic mass is 32.1. The van der Waals surface area contributed by atoms with Gasteiger partial charge in [-0.05, 0) is 49.6 Å². The van der Waals surface area contributed by atoms with Crippen molar-refractivity contribution in [3.8, 4) is 0 Å². The molecule has 2 aromatic rings. The Labute approximate surface area is 151 Å². The molecule has 6 nitrogen and oxygen atoms in total. The summed E-state index contributed by atoms with van der Waals surface area (Å²) in [6, 6.07) is 1.80. The first-order valence-corrected chi connectivity index (χ1v) is 9.24. The van der Waals surface area contributed by atoms with E-state index in [1.54, 1.807) is 25.3 Å². The van der Waals surface area contributed by atoms with Crippen molar-refractivity contribution < 1.29 is 15.0 Å². The lowest BCUT2D eigenvalue weighted by molar-refractivity contribution is 0.0790. The molecule has 2 aromatic heterocycles. The summed E-state index contributed by atoms with van der Waals surface area (Å²) in [5.41, 5.74) is 0.125. The summed E-state index contributed by atoms with van der Waals surface area (Å²) in [5, 5.41) is 25.1. The molecule has 7 heteroatoms. The van der Waals surface area contributed by atoms with Crippen LogP contribution in [0.5, 0.6) is 0 Å². The van der Waals surface area contributed by atoms with Gasteiger partial charge in [0.05, 0.1) is 22.1 Å². The second kappa shape index (κ2) is 6.82. The van der Waals surface area contributed by atoms with Gasteiger partial charge >= 0.3 is 0 Å². The van der Waals surface area contributed by atoms with Crippen molar-refractivity contribution in [3.63, 3.8) is 0 Å². The average molecular weight is 361 g/mol. The number of hydrogen-bond acceptors (Lipinski definition) is 7. The van der Waals surface area contributed by atoms with E-state index in [-0.39, 0.29) is 23.8 Å². The number of aliphatic hydroxyl groups is 2. The molecule has 0 radical (unpaired) electrons. The van der Waals surface area contributed by atoms with Crippen molar-refractivity contribution in [3.05, 3.63) is 40.0 Å². The van der Waals surface area contributed by atoms with Gasteiger partial charge in [0.15, 0.2) is 0 Å². The summed E-state index contributed by atoms with van der Waals surface area (Å²) in [6.07, 6.45) is 4.06. The van der Waals surface area contributed by atoms with E-state index in [2.05, 4.69) is 15.3 Å². The third-order valence-electron chi connectivity index (χ3n) is 4.67. The zero-order valence-corrected chi connectivity index (χ0v) is 15.4. The molecular weight excluding hydrogens is 338 g/mol. The van der Waals surface area contributed by atoms with Crippen molar-refractivity contribution in [1.29, 1.82) is 0 Å². The molecule has 0 unspecified atom stereocenters. The van der Waals surface area contributed by atoms with E-state index < -0.39 is 5.60 Å². The number of ketones is 1. The maximum atomic E-state index is 12.9. The maximum absolute atomic E-state index is 12.9. The van der Waals surface area contributed by atoms with Gasteiger partial charge in [-0.3, -0.25) is 4.79 Å². The number of nitrogens with zero attached hydrogens (tertiary/aromatic N) is 2. The van der Waals surface area contributed by atoms with Gasteiger partial charge in [-0.1, -0.05) is 6.92 Å². The van der Waals surface area contributed by atoms with E-state index >= 15 is 0 Å². The molecule has 0 bridgehead atoms. The van der Waals surface area contributed by atoms with E-state index in [9.17, 15) is 15.0 Å². The Hall–Kier alpha value is -1.83. The van der Waals surface area contributed by atoms with Gasteiger partial charge in [0.1, 0.15) is 12.1 Å². The molecule has 1 fully saturated rings. The Morgan fingerprint density at radius 1 is 1.40 bits per heavy atom. The molecule has 3 atom stereocenters. The first-order valence-electron chi connectivity index (χ1n) is 8.36. The third-order valence-corrected chi connectivity index (χ3v) is 5.60. The van der Waals surface area contributed by atoms with Gasteiger partial charge < -0.3 is 15.5 Å². The van der Waals surface area contributed by atoms with E-state index in [4.69, 9.17) is 0 Å². The number of aromatic nitrogens is 2. The molecule has 0 aliphatic heterocycles. The smallest absolute Gasteiger partial charge is 0.208 e. The third kappa shape index (κ3) is 3.89. The minimum absolute atomic E-state index is 0.0849. The van der Waals surface area contributed by atoms with Gasteiger partial charge in [-0.15, -0.1) is 11.3 Å². The minimum Gasteiger partial charge on any atom is -0.393 e. The summed E-state index contributed by atoms with van der Waals surface area (Å²) < 4.78 is 0. The fourth-order valence-corrected chi connectivity index (χ4v) is 4.08. The normalized spacial score (nSPS) is 23.6. The molecule has 25 heavy (non-hydrogen) atoms. The van der Waals surface area contributed by atoms with Crippen LogP contribution in [0, 0.1) is 5.92 Å². The van der Waals surface area contributed by atoms with E-state index in [0.717, 1.165) is 6.42 Å². The Morgan fingerprint density at radius 2 is 2.16 bits per heavy atom. The quantitative estimate of drug-likeness (QED) is 0.709. The van der Waals surface area contributed by atoms with Crippen LogP contribution >= 0.6 is 11.3 Å². The molecule has 0 aromatic carbocycles. The van der Waals surface area contributed by atoms with Crippen molar-refractivity contribution >= 4 is 22.9 Å². The second-order valence-corrected chi connectivity index (χ2v) is 8.14. The lowest BCUT2D eigenvalue weighted by Crippen LogP contribution is -2.20. The highest BCUT2D eigenvalue weighted by molar-refractivity contribution is 7.12. The molecule has 0 spiro atoms. The maximum Gasteiger partial charge on any atom is 0.208 e. The number of aliphatic hydroxyl groups excluding tert-OH is 1. The van der Waals surface area contributed by atoms with Gasteiger partial charge in [0.25, 0.3) is 0 Å². The van der Waals surface area contributed by atoms with Crippen LogP contribution in [0.2, 0.25) is 0 Å². The fourth-order valence-electron chi connectivity index (χ4n) is 3.06. The Balaban J connectivity index is 1.83. The molecule has 1 aliphatic carbocycles. The zero-order valence-electron chi connectivity index (χ0n) is 14.6. The zero-order chi connectivity index (χ0) is 18.2. The van der Waals surface area contributed by atoms with Crippen LogP contribution in [0.15, 0.2) is 24.0 Å². The van der Waals surface area contributed by atoms with Crippen LogP contribution in [-0.4, -0.2) is 38.1 Å². The Kier molecular flexibility index (Phi) is 4.90. The summed E-state index contributed by atoms with van der Waals surface area (Å²) in [4.78, 5) is 21.6. The van der Waals surface area contributed by atoms with Crippen LogP contribution in [0.4, 0.5) is 5.82 Å². The number of nitrogens with one attached hydrogen (secondary N) is 1. The van der Waals surface area contributed by atoms with Crippen LogP contribution < -0.4 is 5.32 Å². The SMILES string of the molecule is C[C@@H]1C[C@@H](Nc2ncncc2C(=O)c2cc(C(C)(C)O)cs2)C[C@@H]1O. The average Bonchev–Trinajstić information content (AvgIpc) is 3.15. The monoisotopic (exact) mass is 361 g/mol. The Morgan fingerprint density at radius 3 is 2.76 bits per heavy atom. The highest BCUT2D eigenvalue weighted by Crippen LogP contribution is 2.30. The van der Waals surface area contributed by atoms with Crippen molar-refractivity contribution in [2.45, 2.75) is 51.4 Å². The molecule has 3 rings (SSSR count). The molecule has 134 valence electrons. The number of thiophene rings is 1. The first kappa shape index (κ1) is 18.0. The largest absolute Gasteiger partial charge is 0.393 e. The van der Waals surface area contributed by atoms with Gasteiger partial charge in [-0.2, -0.15) is 0 Å². The predicted molar refractivity (Wildman–Crippen MR) is 96.8 cm³/mol. The summed E-state index contributed by atoms with van der Waals surface area (Å²) in [5.74, 6) is 0.546. The van der Waals surface area contributed by atoms with Crippen molar-refractivity contribution in [1.82, 2.24) is 9.97 Å². The van der Waals surface area contributed by atoms with Crippen LogP contribution in [0.1, 0.15) is 54.4 Å². The predicted octanol–water partition coefficient (Wildman–Crippen LogP) is 2.57. The molecule has 1 saturated carbocycles. The summed E-state index contributed by atoms with van der Waals surface area (Å²) in [6.45, 7) is 5.39. The minimum atomic E-state index is -0.987. The van der Waals surface area contributed by atoms with Crippen LogP contribution in [0.25, 0.3) is 0 Å². The molecular formula is C18H23N3O3S. The number of rotatable bonds is 5. The van der Waals surface area contributed by atoms with E-state index in [0.29, 0.717) is 28.2 Å². The van der Waals surface area contributed by atoms with Gasteiger partial charge in [0, 0.05) is 12.2 Å². The first-order chi connectivity index (χ1) is 11.8. The van der Waals surface area contributed by atoms with Crippen molar-refractivity contribution in [2.24, 2.45) is 5.92 Å².